The molecule has 0 aliphatic carbocycles. The molecular weight excluding hydrogens is 214 g/mol. The van der Waals surface area contributed by atoms with Gasteiger partial charge in [0.2, 0.25) is 0 Å². The van der Waals surface area contributed by atoms with Crippen molar-refractivity contribution in [1.82, 2.24) is 4.57 Å². The zero-order valence-corrected chi connectivity index (χ0v) is 11.3. The SMILES string of the molecule is Cc1cccc2c1c(CSC(C)C)cn2C. The van der Waals surface area contributed by atoms with Crippen molar-refractivity contribution in [2.75, 3.05) is 0 Å². The fraction of sp³-hybridized carbons (Fsp3) is 0.429. The Morgan fingerprint density at radius 3 is 2.75 bits per heavy atom. The fourth-order valence-electron chi connectivity index (χ4n) is 2.10. The second-order valence-electron chi connectivity index (χ2n) is 4.59. The second-order valence-corrected chi connectivity index (χ2v) is 6.16. The van der Waals surface area contributed by atoms with Gasteiger partial charge in [-0.15, -0.1) is 0 Å². The Labute approximate surface area is 102 Å². The van der Waals surface area contributed by atoms with Gasteiger partial charge in [-0.3, -0.25) is 0 Å². The van der Waals surface area contributed by atoms with Crippen LogP contribution in [0.2, 0.25) is 0 Å². The quantitative estimate of drug-likeness (QED) is 0.771. The maximum absolute atomic E-state index is 2.27. The van der Waals surface area contributed by atoms with Gasteiger partial charge in [0, 0.05) is 29.9 Å². The highest BCUT2D eigenvalue weighted by Gasteiger charge is 2.09. The summed E-state index contributed by atoms with van der Waals surface area (Å²) >= 11 is 2.01. The van der Waals surface area contributed by atoms with Gasteiger partial charge >= 0.3 is 0 Å². The molecule has 0 atom stereocenters. The Bertz CT molecular complexity index is 497. The third-order valence-corrected chi connectivity index (χ3v) is 4.02. The van der Waals surface area contributed by atoms with Crippen molar-refractivity contribution in [2.45, 2.75) is 31.8 Å². The summed E-state index contributed by atoms with van der Waals surface area (Å²) in [5, 5.41) is 2.14. The Kier molecular flexibility index (Phi) is 3.29. The smallest absolute Gasteiger partial charge is 0.0483 e. The highest BCUT2D eigenvalue weighted by atomic mass is 32.2. The molecule has 1 aromatic carbocycles. The van der Waals surface area contributed by atoms with E-state index in [9.17, 15) is 0 Å². The van der Waals surface area contributed by atoms with Gasteiger partial charge in [-0.2, -0.15) is 11.8 Å². The summed E-state index contributed by atoms with van der Waals surface area (Å²) in [6.07, 6.45) is 2.27. The van der Waals surface area contributed by atoms with Crippen molar-refractivity contribution in [3.8, 4) is 0 Å². The fourth-order valence-corrected chi connectivity index (χ4v) is 2.83. The van der Waals surface area contributed by atoms with Crippen LogP contribution in [0.3, 0.4) is 0 Å². The maximum atomic E-state index is 2.27. The standard InChI is InChI=1S/C14H19NS/c1-10(2)16-9-12-8-15(4)13-7-5-6-11(3)14(12)13/h5-8,10H,9H2,1-4H3. The third-order valence-electron chi connectivity index (χ3n) is 2.87. The first-order chi connectivity index (χ1) is 7.59. The molecule has 0 bridgehead atoms. The van der Waals surface area contributed by atoms with E-state index in [4.69, 9.17) is 0 Å². The van der Waals surface area contributed by atoms with Crippen molar-refractivity contribution in [3.05, 3.63) is 35.5 Å². The van der Waals surface area contributed by atoms with E-state index >= 15 is 0 Å². The molecule has 0 aliphatic heterocycles. The number of fused-ring (bicyclic) bond motifs is 1. The number of aryl methyl sites for hydroxylation is 2. The minimum absolute atomic E-state index is 0.694. The summed E-state index contributed by atoms with van der Waals surface area (Å²) < 4.78 is 2.23. The lowest BCUT2D eigenvalue weighted by atomic mass is 10.1. The van der Waals surface area contributed by atoms with E-state index in [2.05, 4.69) is 56.8 Å². The van der Waals surface area contributed by atoms with Crippen molar-refractivity contribution in [3.63, 3.8) is 0 Å². The Morgan fingerprint density at radius 2 is 2.06 bits per heavy atom. The van der Waals surface area contributed by atoms with Crippen LogP contribution in [0.4, 0.5) is 0 Å². The van der Waals surface area contributed by atoms with Crippen molar-refractivity contribution in [1.29, 1.82) is 0 Å². The third kappa shape index (κ3) is 2.12. The average molecular weight is 233 g/mol. The van der Waals surface area contributed by atoms with Crippen LogP contribution in [0.1, 0.15) is 25.0 Å². The topological polar surface area (TPSA) is 4.93 Å². The molecule has 2 heteroatoms. The van der Waals surface area contributed by atoms with E-state index in [0.29, 0.717) is 5.25 Å². The van der Waals surface area contributed by atoms with Crippen LogP contribution >= 0.6 is 11.8 Å². The van der Waals surface area contributed by atoms with Crippen molar-refractivity contribution >= 4 is 22.7 Å². The van der Waals surface area contributed by atoms with Gasteiger partial charge in [-0.1, -0.05) is 26.0 Å². The molecule has 0 spiro atoms. The Balaban J connectivity index is 2.45. The van der Waals surface area contributed by atoms with Gasteiger partial charge in [-0.05, 0) is 29.4 Å². The number of thioether (sulfide) groups is 1. The molecule has 0 amide bonds. The molecule has 16 heavy (non-hydrogen) atoms. The lowest BCUT2D eigenvalue weighted by molar-refractivity contribution is 0.962. The zero-order chi connectivity index (χ0) is 11.7. The van der Waals surface area contributed by atoms with Crippen LogP contribution in [-0.2, 0) is 12.8 Å². The monoisotopic (exact) mass is 233 g/mol. The molecule has 1 heterocycles. The van der Waals surface area contributed by atoms with E-state index in [-0.39, 0.29) is 0 Å². The summed E-state index contributed by atoms with van der Waals surface area (Å²) in [5.41, 5.74) is 4.20. The molecule has 0 aliphatic rings. The zero-order valence-electron chi connectivity index (χ0n) is 10.4. The van der Waals surface area contributed by atoms with Crippen LogP contribution < -0.4 is 0 Å². The van der Waals surface area contributed by atoms with Gasteiger partial charge in [0.15, 0.2) is 0 Å². The number of nitrogens with zero attached hydrogens (tertiary/aromatic N) is 1. The van der Waals surface area contributed by atoms with E-state index < -0.39 is 0 Å². The molecule has 2 aromatic rings. The summed E-state index contributed by atoms with van der Waals surface area (Å²) in [4.78, 5) is 0. The van der Waals surface area contributed by atoms with E-state index in [1.54, 1.807) is 0 Å². The number of rotatable bonds is 3. The molecule has 0 saturated carbocycles. The lowest BCUT2D eigenvalue weighted by Crippen LogP contribution is -1.88. The molecule has 2 rings (SSSR count). The molecule has 0 fully saturated rings. The van der Waals surface area contributed by atoms with Crippen molar-refractivity contribution < 1.29 is 0 Å². The largest absolute Gasteiger partial charge is 0.350 e. The normalized spacial score (nSPS) is 11.6. The first-order valence-electron chi connectivity index (χ1n) is 5.74. The predicted molar refractivity (Wildman–Crippen MR) is 74.1 cm³/mol. The molecule has 86 valence electrons. The van der Waals surface area contributed by atoms with E-state index in [1.165, 1.54) is 22.0 Å². The Morgan fingerprint density at radius 1 is 1.31 bits per heavy atom. The first-order valence-corrected chi connectivity index (χ1v) is 6.79. The van der Waals surface area contributed by atoms with E-state index in [0.717, 1.165) is 5.75 Å². The highest BCUT2D eigenvalue weighted by molar-refractivity contribution is 7.99. The summed E-state index contributed by atoms with van der Waals surface area (Å²) in [5.74, 6) is 1.11. The number of hydrogen-bond donors (Lipinski definition) is 0. The van der Waals surface area contributed by atoms with Gasteiger partial charge in [0.1, 0.15) is 0 Å². The van der Waals surface area contributed by atoms with Crippen LogP contribution in [0, 0.1) is 6.92 Å². The van der Waals surface area contributed by atoms with Gasteiger partial charge in [-0.25, -0.2) is 0 Å². The molecule has 0 N–H and O–H groups in total. The Hall–Kier alpha value is -0.890. The molecule has 1 nitrogen and oxygen atoms in total. The van der Waals surface area contributed by atoms with Crippen molar-refractivity contribution in [2.24, 2.45) is 7.05 Å². The maximum Gasteiger partial charge on any atom is 0.0483 e. The number of benzene rings is 1. The van der Waals surface area contributed by atoms with Crippen LogP contribution in [0.5, 0.6) is 0 Å². The van der Waals surface area contributed by atoms with E-state index in [1.807, 2.05) is 11.8 Å². The second kappa shape index (κ2) is 4.54. The van der Waals surface area contributed by atoms with Gasteiger partial charge in [0.25, 0.3) is 0 Å². The summed E-state index contributed by atoms with van der Waals surface area (Å²) in [6.45, 7) is 6.71. The van der Waals surface area contributed by atoms with Crippen LogP contribution in [0.15, 0.2) is 24.4 Å². The van der Waals surface area contributed by atoms with Gasteiger partial charge < -0.3 is 4.57 Å². The van der Waals surface area contributed by atoms with Gasteiger partial charge in [0.05, 0.1) is 0 Å². The number of aromatic nitrogens is 1. The molecule has 0 saturated heterocycles. The minimum Gasteiger partial charge on any atom is -0.350 e. The summed E-state index contributed by atoms with van der Waals surface area (Å²) in [7, 11) is 2.13. The predicted octanol–water partition coefficient (Wildman–Crippen LogP) is 4.13. The van der Waals surface area contributed by atoms with Crippen LogP contribution in [-0.4, -0.2) is 9.82 Å². The number of hydrogen-bond acceptors (Lipinski definition) is 1. The minimum atomic E-state index is 0.694. The molecule has 0 unspecified atom stereocenters. The summed E-state index contributed by atoms with van der Waals surface area (Å²) in [6, 6.07) is 6.54. The molecular formula is C14H19NS. The molecule has 1 aromatic heterocycles. The first kappa shape index (κ1) is 11.6. The molecule has 0 radical (unpaired) electrons. The highest BCUT2D eigenvalue weighted by Crippen LogP contribution is 2.28. The van der Waals surface area contributed by atoms with Crippen LogP contribution in [0.25, 0.3) is 10.9 Å². The lowest BCUT2D eigenvalue weighted by Gasteiger charge is -2.04. The average Bonchev–Trinajstić information content (AvgIpc) is 2.55.